The van der Waals surface area contributed by atoms with Gasteiger partial charge in [0.15, 0.2) is 6.29 Å². The van der Waals surface area contributed by atoms with Gasteiger partial charge < -0.3 is 19.7 Å². The van der Waals surface area contributed by atoms with Gasteiger partial charge in [-0.05, 0) is 38.1 Å². The second-order valence-corrected chi connectivity index (χ2v) is 10.8. The van der Waals surface area contributed by atoms with Gasteiger partial charge in [-0.1, -0.05) is 35.4 Å². The minimum Gasteiger partial charge on any atom is -0.387 e. The maximum absolute atomic E-state index is 12.8. The fourth-order valence-corrected chi connectivity index (χ4v) is 5.22. The Morgan fingerprint density at radius 3 is 1.79 bits per heavy atom. The van der Waals surface area contributed by atoms with Crippen LogP contribution in [0.1, 0.15) is 11.1 Å². The molecule has 1 fully saturated rings. The lowest BCUT2D eigenvalue weighted by atomic mass is 9.99. The van der Waals surface area contributed by atoms with E-state index in [4.69, 9.17) is 17.8 Å². The highest BCUT2D eigenvalue weighted by Crippen LogP contribution is 2.28. The predicted octanol–water partition coefficient (Wildman–Crippen LogP) is 0.876. The first-order valence-electron chi connectivity index (χ1n) is 9.95. The molecule has 2 aromatic rings. The van der Waals surface area contributed by atoms with Crippen LogP contribution in [0.4, 0.5) is 0 Å². The third-order valence-electron chi connectivity index (χ3n) is 5.12. The second kappa shape index (κ2) is 10.2. The van der Waals surface area contributed by atoms with Crippen LogP contribution in [-0.2, 0) is 38.1 Å². The van der Waals surface area contributed by atoms with Gasteiger partial charge in [0.25, 0.3) is 20.2 Å². The number of aliphatic hydroxyl groups is 2. The van der Waals surface area contributed by atoms with Crippen molar-refractivity contribution in [3.63, 3.8) is 0 Å². The SMILES string of the molecule is CO[C@H]1O[C@H](COS(=O)(=O)c2ccc(C)cc2)[C@H](OS(=O)(=O)c2ccc(C)cc2)[C@H](O)[C@H]1O. The van der Waals surface area contributed by atoms with Gasteiger partial charge in [-0.25, -0.2) is 0 Å². The molecule has 1 saturated heterocycles. The first-order valence-corrected chi connectivity index (χ1v) is 12.8. The maximum Gasteiger partial charge on any atom is 0.297 e. The van der Waals surface area contributed by atoms with Crippen LogP contribution in [0.3, 0.4) is 0 Å². The van der Waals surface area contributed by atoms with Crippen molar-refractivity contribution in [1.82, 2.24) is 0 Å². The van der Waals surface area contributed by atoms with E-state index in [1.54, 1.807) is 38.1 Å². The zero-order valence-electron chi connectivity index (χ0n) is 18.2. The van der Waals surface area contributed by atoms with E-state index in [1.807, 2.05) is 0 Å². The van der Waals surface area contributed by atoms with Crippen molar-refractivity contribution in [2.45, 2.75) is 54.3 Å². The van der Waals surface area contributed by atoms with Crippen LogP contribution in [0.15, 0.2) is 58.3 Å². The van der Waals surface area contributed by atoms with Crippen molar-refractivity contribution < 1.29 is 44.9 Å². The monoisotopic (exact) mass is 502 g/mol. The fraction of sp³-hybridized carbons (Fsp3) is 0.429. The van der Waals surface area contributed by atoms with E-state index in [0.29, 0.717) is 0 Å². The molecule has 1 aliphatic heterocycles. The summed E-state index contributed by atoms with van der Waals surface area (Å²) in [6.45, 7) is 2.87. The molecule has 0 bridgehead atoms. The Hall–Kier alpha value is -1.90. The molecule has 2 aromatic carbocycles. The zero-order chi connectivity index (χ0) is 24.4. The van der Waals surface area contributed by atoms with Gasteiger partial charge in [-0.3, -0.25) is 8.37 Å². The average Bonchev–Trinajstić information content (AvgIpc) is 2.77. The van der Waals surface area contributed by atoms with Crippen molar-refractivity contribution in [3.8, 4) is 0 Å². The number of ether oxygens (including phenoxy) is 2. The minimum absolute atomic E-state index is 0.113. The lowest BCUT2D eigenvalue weighted by Gasteiger charge is -2.41. The summed E-state index contributed by atoms with van der Waals surface area (Å²) >= 11 is 0. The molecule has 0 amide bonds. The molecular formula is C21H26O10S2. The van der Waals surface area contributed by atoms with E-state index in [0.717, 1.165) is 11.1 Å². The van der Waals surface area contributed by atoms with Crippen LogP contribution in [0.2, 0.25) is 0 Å². The van der Waals surface area contributed by atoms with Crippen molar-refractivity contribution >= 4 is 20.2 Å². The molecule has 1 heterocycles. The first kappa shape index (κ1) is 25.7. The van der Waals surface area contributed by atoms with Crippen molar-refractivity contribution in [2.24, 2.45) is 0 Å². The molecule has 0 radical (unpaired) electrons. The fourth-order valence-electron chi connectivity index (χ4n) is 3.19. The molecule has 1 aliphatic rings. The summed E-state index contributed by atoms with van der Waals surface area (Å²) in [5.41, 5.74) is 1.67. The Kier molecular flexibility index (Phi) is 7.91. The Bertz CT molecular complexity index is 1140. The highest BCUT2D eigenvalue weighted by atomic mass is 32.2. The molecule has 0 unspecified atom stereocenters. The molecule has 0 saturated carbocycles. The van der Waals surface area contributed by atoms with Crippen LogP contribution >= 0.6 is 0 Å². The summed E-state index contributed by atoms with van der Waals surface area (Å²) in [5, 5.41) is 20.8. The molecule has 5 atom stereocenters. The number of benzene rings is 2. The van der Waals surface area contributed by atoms with Crippen LogP contribution < -0.4 is 0 Å². The number of hydrogen-bond acceptors (Lipinski definition) is 10. The maximum atomic E-state index is 12.8. The van der Waals surface area contributed by atoms with Crippen LogP contribution in [0.25, 0.3) is 0 Å². The zero-order valence-corrected chi connectivity index (χ0v) is 19.8. The van der Waals surface area contributed by atoms with Crippen LogP contribution in [0.5, 0.6) is 0 Å². The molecule has 0 spiro atoms. The Labute approximate surface area is 192 Å². The van der Waals surface area contributed by atoms with Gasteiger partial charge in [0.05, 0.1) is 16.4 Å². The average molecular weight is 503 g/mol. The van der Waals surface area contributed by atoms with E-state index >= 15 is 0 Å². The van der Waals surface area contributed by atoms with Crippen molar-refractivity contribution in [2.75, 3.05) is 13.7 Å². The standard InChI is InChI=1S/C21H26O10S2/c1-13-4-8-15(9-5-13)32(24,25)29-12-17-20(18(22)19(23)21(28-3)30-17)31-33(26,27)16-10-6-14(2)7-11-16/h4-11,17-23H,12H2,1-3H3/t17-,18-,19-,20+,21+/m1/s1. The van der Waals surface area contributed by atoms with Crippen molar-refractivity contribution in [3.05, 3.63) is 59.7 Å². The van der Waals surface area contributed by atoms with Crippen molar-refractivity contribution in [1.29, 1.82) is 0 Å². The summed E-state index contributed by atoms with van der Waals surface area (Å²) in [5.74, 6) is 0. The molecule has 0 aromatic heterocycles. The molecule has 33 heavy (non-hydrogen) atoms. The summed E-state index contributed by atoms with van der Waals surface area (Å²) in [6, 6.07) is 11.7. The Balaban J connectivity index is 1.84. The third-order valence-corrected chi connectivity index (χ3v) is 7.74. The summed E-state index contributed by atoms with van der Waals surface area (Å²) in [7, 11) is -7.42. The number of methoxy groups -OCH3 is 1. The highest BCUT2D eigenvalue weighted by molar-refractivity contribution is 7.87. The molecule has 12 heteroatoms. The van der Waals surface area contributed by atoms with Gasteiger partial charge in [0.2, 0.25) is 0 Å². The number of aliphatic hydroxyl groups excluding tert-OH is 2. The predicted molar refractivity (Wildman–Crippen MR) is 115 cm³/mol. The van der Waals surface area contributed by atoms with Gasteiger partial charge >= 0.3 is 0 Å². The summed E-state index contributed by atoms with van der Waals surface area (Å²) in [6.07, 6.45) is -7.88. The number of rotatable bonds is 8. The van der Waals surface area contributed by atoms with Crippen LogP contribution in [-0.4, -0.2) is 71.5 Å². The normalized spacial score (nSPS) is 26.3. The summed E-state index contributed by atoms with van der Waals surface area (Å²) in [4.78, 5) is -0.298. The third kappa shape index (κ3) is 5.97. The van der Waals surface area contributed by atoms with E-state index < -0.39 is 57.5 Å². The Morgan fingerprint density at radius 2 is 1.30 bits per heavy atom. The largest absolute Gasteiger partial charge is 0.387 e. The van der Waals surface area contributed by atoms with E-state index in [1.165, 1.54) is 31.4 Å². The second-order valence-electron chi connectivity index (χ2n) is 7.64. The lowest BCUT2D eigenvalue weighted by Crippen LogP contribution is -2.60. The minimum atomic E-state index is -4.40. The van der Waals surface area contributed by atoms with Gasteiger partial charge in [0, 0.05) is 7.11 Å². The molecule has 3 rings (SSSR count). The van der Waals surface area contributed by atoms with Gasteiger partial charge in [-0.2, -0.15) is 16.8 Å². The number of hydrogen-bond donors (Lipinski definition) is 2. The summed E-state index contributed by atoms with van der Waals surface area (Å²) < 4.78 is 71.3. The smallest absolute Gasteiger partial charge is 0.297 e. The molecule has 182 valence electrons. The quantitative estimate of drug-likeness (QED) is 0.499. The van der Waals surface area contributed by atoms with Gasteiger partial charge in [0.1, 0.15) is 24.4 Å². The van der Waals surface area contributed by atoms with E-state index in [9.17, 15) is 27.0 Å². The molecule has 0 aliphatic carbocycles. The highest BCUT2D eigenvalue weighted by Gasteiger charge is 2.48. The first-order chi connectivity index (χ1) is 15.4. The van der Waals surface area contributed by atoms with Gasteiger partial charge in [-0.15, -0.1) is 0 Å². The lowest BCUT2D eigenvalue weighted by molar-refractivity contribution is -0.288. The van der Waals surface area contributed by atoms with E-state index in [-0.39, 0.29) is 9.79 Å². The van der Waals surface area contributed by atoms with E-state index in [2.05, 4.69) is 0 Å². The Morgan fingerprint density at radius 1 is 0.818 bits per heavy atom. The molecular weight excluding hydrogens is 476 g/mol. The topological polar surface area (TPSA) is 146 Å². The van der Waals surface area contributed by atoms with Crippen LogP contribution in [0, 0.1) is 13.8 Å². The molecule has 10 nitrogen and oxygen atoms in total. The number of aryl methyl sites for hydroxylation is 2. The molecule has 2 N–H and O–H groups in total.